The van der Waals surface area contributed by atoms with Crippen molar-refractivity contribution in [1.82, 2.24) is 19.7 Å². The Morgan fingerprint density at radius 3 is 2.85 bits per heavy atom. The molecule has 1 atom stereocenters. The molecule has 20 heavy (non-hydrogen) atoms. The number of thioether (sulfide) groups is 1. The van der Waals surface area contributed by atoms with Crippen LogP contribution in [0.4, 0.5) is 0 Å². The predicted octanol–water partition coefficient (Wildman–Crippen LogP) is 0.853. The number of rotatable bonds is 6. The van der Waals surface area contributed by atoms with Crippen LogP contribution in [0, 0.1) is 6.92 Å². The van der Waals surface area contributed by atoms with Gasteiger partial charge in [0.05, 0.1) is 11.9 Å². The monoisotopic (exact) mass is 298 g/mol. The van der Waals surface area contributed by atoms with Crippen LogP contribution >= 0.6 is 11.8 Å². The van der Waals surface area contributed by atoms with Crippen LogP contribution in [-0.2, 0) is 11.4 Å². The second kappa shape index (κ2) is 6.06. The van der Waals surface area contributed by atoms with E-state index >= 15 is 0 Å². The Morgan fingerprint density at radius 2 is 2.30 bits per heavy atom. The van der Waals surface area contributed by atoms with Gasteiger partial charge in [-0.15, -0.1) is 10.2 Å². The Kier molecular flexibility index (Phi) is 4.40. The number of hydrogen-bond donors (Lipinski definition) is 2. The van der Waals surface area contributed by atoms with Gasteiger partial charge in [-0.05, 0) is 13.8 Å². The van der Waals surface area contributed by atoms with E-state index in [4.69, 9.17) is 9.52 Å². The first-order chi connectivity index (χ1) is 9.52. The van der Waals surface area contributed by atoms with Crippen molar-refractivity contribution < 1.29 is 19.4 Å². The maximum Gasteiger partial charge on any atom is 0.313 e. The molecule has 0 fully saturated rings. The second-order valence-corrected chi connectivity index (χ2v) is 5.04. The average molecular weight is 298 g/mol. The first kappa shape index (κ1) is 14.5. The maximum atomic E-state index is 10.6. The Bertz CT molecular complexity index is 609. The van der Waals surface area contributed by atoms with E-state index in [0.29, 0.717) is 22.6 Å². The molecular formula is C11H14N4O4S. The number of aliphatic carboxylic acids is 1. The van der Waals surface area contributed by atoms with Crippen LogP contribution < -0.4 is 0 Å². The van der Waals surface area contributed by atoms with Crippen molar-refractivity contribution in [3.8, 4) is 0 Å². The first-order valence-corrected chi connectivity index (χ1v) is 6.83. The minimum absolute atomic E-state index is 0.138. The van der Waals surface area contributed by atoms with Gasteiger partial charge in [0.1, 0.15) is 18.4 Å². The van der Waals surface area contributed by atoms with E-state index < -0.39 is 5.97 Å². The molecule has 0 saturated heterocycles. The van der Waals surface area contributed by atoms with Crippen molar-refractivity contribution in [2.45, 2.75) is 31.7 Å². The van der Waals surface area contributed by atoms with Crippen molar-refractivity contribution >= 4 is 17.7 Å². The summed E-state index contributed by atoms with van der Waals surface area (Å²) in [7, 11) is 0. The molecule has 2 N–H and O–H groups in total. The van der Waals surface area contributed by atoms with Crippen LogP contribution in [0.3, 0.4) is 0 Å². The summed E-state index contributed by atoms with van der Waals surface area (Å²) in [6.45, 7) is 3.30. The Balaban J connectivity index is 2.32. The highest BCUT2D eigenvalue weighted by Gasteiger charge is 2.22. The lowest BCUT2D eigenvalue weighted by atomic mass is 10.3. The number of aliphatic hydroxyl groups excluding tert-OH is 1. The lowest BCUT2D eigenvalue weighted by Gasteiger charge is -2.13. The topological polar surface area (TPSA) is 114 Å². The molecule has 2 heterocycles. The van der Waals surface area contributed by atoms with Crippen molar-refractivity contribution in [3.63, 3.8) is 0 Å². The molecular weight excluding hydrogens is 284 g/mol. The zero-order valence-electron chi connectivity index (χ0n) is 11.0. The number of hydrogen-bond acceptors (Lipinski definition) is 7. The zero-order chi connectivity index (χ0) is 14.7. The molecule has 0 aliphatic carbocycles. The van der Waals surface area contributed by atoms with Gasteiger partial charge in [0.2, 0.25) is 5.89 Å². The fraction of sp³-hybridized carbons (Fsp3) is 0.455. The van der Waals surface area contributed by atoms with E-state index in [9.17, 15) is 9.90 Å². The number of oxazole rings is 1. The lowest BCUT2D eigenvalue weighted by molar-refractivity contribution is -0.133. The SMILES string of the molecule is Cc1cnc(C(C)n2c(CO)nnc2SCC(=O)O)o1. The van der Waals surface area contributed by atoms with Crippen LogP contribution in [0.1, 0.15) is 30.4 Å². The summed E-state index contributed by atoms with van der Waals surface area (Å²) in [5.74, 6) is 0.372. The van der Waals surface area contributed by atoms with Crippen molar-refractivity contribution in [3.05, 3.63) is 23.7 Å². The number of aryl methyl sites for hydroxylation is 1. The number of aromatic nitrogens is 4. The van der Waals surface area contributed by atoms with E-state index in [0.717, 1.165) is 11.8 Å². The fourth-order valence-corrected chi connectivity index (χ4v) is 2.46. The number of aliphatic hydroxyl groups is 1. The minimum Gasteiger partial charge on any atom is -0.481 e. The summed E-state index contributed by atoms with van der Waals surface area (Å²) in [6, 6.07) is -0.336. The summed E-state index contributed by atoms with van der Waals surface area (Å²) < 4.78 is 7.08. The predicted molar refractivity (Wildman–Crippen MR) is 69.4 cm³/mol. The number of carboxylic acids is 1. The van der Waals surface area contributed by atoms with Gasteiger partial charge in [-0.25, -0.2) is 4.98 Å². The van der Waals surface area contributed by atoms with E-state index in [1.165, 1.54) is 0 Å². The molecule has 0 spiro atoms. The number of carboxylic acid groups (broad SMARTS) is 1. The van der Waals surface area contributed by atoms with Crippen LogP contribution in [0.15, 0.2) is 15.8 Å². The van der Waals surface area contributed by atoms with Gasteiger partial charge in [0.15, 0.2) is 11.0 Å². The minimum atomic E-state index is -0.949. The van der Waals surface area contributed by atoms with E-state index in [1.54, 1.807) is 17.7 Å². The molecule has 0 aromatic carbocycles. The zero-order valence-corrected chi connectivity index (χ0v) is 11.8. The highest BCUT2D eigenvalue weighted by atomic mass is 32.2. The summed E-state index contributed by atoms with van der Waals surface area (Å²) in [6.07, 6.45) is 1.60. The van der Waals surface area contributed by atoms with Crippen LogP contribution in [0.5, 0.6) is 0 Å². The second-order valence-electron chi connectivity index (χ2n) is 4.09. The molecule has 0 aliphatic rings. The molecule has 1 unspecified atom stereocenters. The molecule has 0 saturated carbocycles. The van der Waals surface area contributed by atoms with Crippen LogP contribution in [-0.4, -0.2) is 41.7 Å². The Morgan fingerprint density at radius 1 is 1.55 bits per heavy atom. The average Bonchev–Trinajstić information content (AvgIpc) is 3.01. The van der Waals surface area contributed by atoms with Crippen LogP contribution in [0.25, 0.3) is 0 Å². The molecule has 0 amide bonds. The van der Waals surface area contributed by atoms with Crippen molar-refractivity contribution in [2.75, 3.05) is 5.75 Å². The molecule has 9 heteroatoms. The van der Waals surface area contributed by atoms with Crippen molar-refractivity contribution in [2.24, 2.45) is 0 Å². The maximum absolute atomic E-state index is 10.6. The summed E-state index contributed by atoms with van der Waals surface area (Å²) in [5, 5.41) is 26.2. The largest absolute Gasteiger partial charge is 0.481 e. The third kappa shape index (κ3) is 2.99. The number of nitrogens with zero attached hydrogens (tertiary/aromatic N) is 4. The first-order valence-electron chi connectivity index (χ1n) is 5.84. The van der Waals surface area contributed by atoms with Crippen molar-refractivity contribution in [1.29, 1.82) is 0 Å². The molecule has 8 nitrogen and oxygen atoms in total. The van der Waals surface area contributed by atoms with Gasteiger partial charge in [0, 0.05) is 0 Å². The smallest absolute Gasteiger partial charge is 0.313 e. The Labute approximate surface area is 118 Å². The highest BCUT2D eigenvalue weighted by Crippen LogP contribution is 2.26. The summed E-state index contributed by atoms with van der Waals surface area (Å²) in [4.78, 5) is 14.8. The van der Waals surface area contributed by atoms with E-state index in [1.807, 2.05) is 6.92 Å². The van der Waals surface area contributed by atoms with Gasteiger partial charge >= 0.3 is 5.97 Å². The fourth-order valence-electron chi connectivity index (χ4n) is 1.70. The van der Waals surface area contributed by atoms with Crippen LogP contribution in [0.2, 0.25) is 0 Å². The molecule has 2 rings (SSSR count). The standard InChI is InChI=1S/C11H14N4O4S/c1-6-3-12-10(19-6)7(2)15-8(4-16)13-14-11(15)20-5-9(17)18/h3,7,16H,4-5H2,1-2H3,(H,17,18). The highest BCUT2D eigenvalue weighted by molar-refractivity contribution is 7.99. The molecule has 2 aromatic rings. The molecule has 108 valence electrons. The van der Waals surface area contributed by atoms with Gasteiger partial charge in [-0.1, -0.05) is 11.8 Å². The normalized spacial score (nSPS) is 12.6. The summed E-state index contributed by atoms with van der Waals surface area (Å²) in [5.41, 5.74) is 0. The van der Waals surface area contributed by atoms with Gasteiger partial charge in [-0.3, -0.25) is 9.36 Å². The third-order valence-electron chi connectivity index (χ3n) is 2.59. The van der Waals surface area contributed by atoms with E-state index in [-0.39, 0.29) is 18.4 Å². The number of carbonyl (C=O) groups is 1. The summed E-state index contributed by atoms with van der Waals surface area (Å²) >= 11 is 1.03. The molecule has 0 bridgehead atoms. The molecule has 0 radical (unpaired) electrons. The molecule has 2 aromatic heterocycles. The van der Waals surface area contributed by atoms with Gasteiger partial charge < -0.3 is 14.6 Å². The van der Waals surface area contributed by atoms with Gasteiger partial charge in [0.25, 0.3) is 0 Å². The van der Waals surface area contributed by atoms with Gasteiger partial charge in [-0.2, -0.15) is 0 Å². The quantitative estimate of drug-likeness (QED) is 0.754. The van der Waals surface area contributed by atoms with E-state index in [2.05, 4.69) is 15.2 Å². The third-order valence-corrected chi connectivity index (χ3v) is 3.51. The molecule has 0 aliphatic heterocycles. The lowest BCUT2D eigenvalue weighted by Crippen LogP contribution is -2.13. The Hall–Kier alpha value is -1.87.